The maximum Gasteiger partial charge on any atom is 0.262 e. The van der Waals surface area contributed by atoms with Gasteiger partial charge in [-0.3, -0.25) is 23.4 Å². The normalized spacial score (nSPS) is 14.3. The summed E-state index contributed by atoms with van der Waals surface area (Å²) >= 11 is 1.10. The van der Waals surface area contributed by atoms with E-state index in [1.165, 1.54) is 23.1 Å². The summed E-state index contributed by atoms with van der Waals surface area (Å²) in [6.07, 6.45) is 5.32. The number of benzene rings is 2. The van der Waals surface area contributed by atoms with Crippen molar-refractivity contribution >= 4 is 45.9 Å². The number of anilines is 1. The zero-order chi connectivity index (χ0) is 25.2. The third kappa shape index (κ3) is 4.70. The number of hydrogen-bond donors (Lipinski definition) is 2. The molecule has 36 heavy (non-hydrogen) atoms. The Balaban J connectivity index is 1.45. The number of hydrogen-bond acceptors (Lipinski definition) is 6. The lowest BCUT2D eigenvalue weighted by atomic mass is 9.95. The Morgan fingerprint density at radius 2 is 1.89 bits per heavy atom. The van der Waals surface area contributed by atoms with Crippen LogP contribution in [0, 0.1) is 5.82 Å². The summed E-state index contributed by atoms with van der Waals surface area (Å²) in [6.45, 7) is 0. The largest absolute Gasteiger partial charge is 0.349 e. The first-order chi connectivity index (χ1) is 17.4. The molecule has 2 N–H and O–H groups in total. The molecule has 2 aromatic heterocycles. The zero-order valence-corrected chi connectivity index (χ0v) is 20.5. The molecule has 9 nitrogen and oxygen atoms in total. The van der Waals surface area contributed by atoms with Gasteiger partial charge in [0.05, 0.1) is 22.3 Å². The first-order valence-electron chi connectivity index (χ1n) is 11.8. The molecule has 0 bridgehead atoms. The van der Waals surface area contributed by atoms with Crippen LogP contribution >= 0.6 is 11.8 Å². The fraction of sp³-hybridized carbons (Fsp3) is 0.320. The van der Waals surface area contributed by atoms with Gasteiger partial charge in [-0.1, -0.05) is 43.2 Å². The Hall–Kier alpha value is -3.73. The highest BCUT2D eigenvalue weighted by Gasteiger charge is 2.20. The van der Waals surface area contributed by atoms with Gasteiger partial charge in [-0.05, 0) is 43.2 Å². The van der Waals surface area contributed by atoms with E-state index in [2.05, 4.69) is 20.8 Å². The smallest absolute Gasteiger partial charge is 0.262 e. The van der Waals surface area contributed by atoms with Gasteiger partial charge in [-0.2, -0.15) is 0 Å². The summed E-state index contributed by atoms with van der Waals surface area (Å²) in [5.74, 6) is -0.896. The Labute approximate surface area is 210 Å². The number of rotatable bonds is 6. The summed E-state index contributed by atoms with van der Waals surface area (Å²) in [5, 5.41) is 14.7. The van der Waals surface area contributed by atoms with Crippen LogP contribution in [-0.2, 0) is 11.8 Å². The monoisotopic (exact) mass is 508 g/mol. The number of amides is 2. The molecule has 0 unspecified atom stereocenters. The van der Waals surface area contributed by atoms with E-state index in [-0.39, 0.29) is 34.7 Å². The van der Waals surface area contributed by atoms with Crippen LogP contribution in [0.1, 0.15) is 42.5 Å². The Kier molecular flexibility index (Phi) is 6.73. The second kappa shape index (κ2) is 10.1. The summed E-state index contributed by atoms with van der Waals surface area (Å²) in [6, 6.07) is 11.0. The number of nitrogens with one attached hydrogen (secondary N) is 2. The molecule has 186 valence electrons. The van der Waals surface area contributed by atoms with Gasteiger partial charge >= 0.3 is 0 Å². The van der Waals surface area contributed by atoms with Crippen LogP contribution in [-0.4, -0.2) is 42.8 Å². The minimum absolute atomic E-state index is 0.0542. The minimum atomic E-state index is -0.524. The Morgan fingerprint density at radius 3 is 2.67 bits per heavy atom. The van der Waals surface area contributed by atoms with Crippen LogP contribution < -0.4 is 16.2 Å². The van der Waals surface area contributed by atoms with E-state index in [9.17, 15) is 18.8 Å². The molecular formula is C25H25FN6O3S. The van der Waals surface area contributed by atoms with Crippen LogP contribution in [0.4, 0.5) is 10.1 Å². The average Bonchev–Trinajstić information content (AvgIpc) is 3.32. The van der Waals surface area contributed by atoms with E-state index in [1.807, 2.05) is 0 Å². The molecule has 2 heterocycles. The maximum absolute atomic E-state index is 13.9. The molecule has 0 spiro atoms. The van der Waals surface area contributed by atoms with Gasteiger partial charge in [0.2, 0.25) is 11.7 Å². The van der Waals surface area contributed by atoms with Crippen LogP contribution in [0.25, 0.3) is 16.7 Å². The number of fused-ring (bicyclic) bond motifs is 3. The predicted molar refractivity (Wildman–Crippen MR) is 136 cm³/mol. The molecule has 0 aliphatic heterocycles. The number of carbonyl (C=O) groups is 2. The fourth-order valence-corrected chi connectivity index (χ4v) is 5.23. The SMILES string of the molecule is Cn1c(=O)c2ccc(C(=O)NC3CCCCC3)cc2n2c(SCC(=O)Nc3ccccc3F)nnc12. The van der Waals surface area contributed by atoms with Crippen molar-refractivity contribution in [2.45, 2.75) is 43.3 Å². The summed E-state index contributed by atoms with van der Waals surface area (Å²) < 4.78 is 16.9. The molecule has 1 saturated carbocycles. The van der Waals surface area contributed by atoms with Gasteiger partial charge in [0, 0.05) is 18.7 Å². The lowest BCUT2D eigenvalue weighted by molar-refractivity contribution is -0.113. The molecule has 1 aliphatic carbocycles. The van der Waals surface area contributed by atoms with Crippen LogP contribution in [0.2, 0.25) is 0 Å². The summed E-state index contributed by atoms with van der Waals surface area (Å²) in [7, 11) is 1.59. The summed E-state index contributed by atoms with van der Waals surface area (Å²) in [4.78, 5) is 38.3. The van der Waals surface area contributed by atoms with Crippen molar-refractivity contribution in [1.29, 1.82) is 0 Å². The third-order valence-corrected chi connectivity index (χ3v) is 7.30. The van der Waals surface area contributed by atoms with Crippen molar-refractivity contribution in [3.05, 3.63) is 64.2 Å². The number of aryl methyl sites for hydroxylation is 1. The second-order valence-electron chi connectivity index (χ2n) is 8.84. The predicted octanol–water partition coefficient (Wildman–Crippen LogP) is 3.51. The fourth-order valence-electron chi connectivity index (χ4n) is 4.49. The van der Waals surface area contributed by atoms with Crippen molar-refractivity contribution in [3.8, 4) is 0 Å². The molecule has 2 aromatic carbocycles. The topological polar surface area (TPSA) is 110 Å². The Bertz CT molecular complexity index is 1530. The number of carbonyl (C=O) groups excluding carboxylic acids is 2. The molecule has 4 aromatic rings. The summed E-state index contributed by atoms with van der Waals surface area (Å²) in [5.41, 5.74) is 0.740. The van der Waals surface area contributed by atoms with Gasteiger partial charge in [-0.25, -0.2) is 4.39 Å². The molecule has 0 radical (unpaired) electrons. The minimum Gasteiger partial charge on any atom is -0.349 e. The van der Waals surface area contributed by atoms with Crippen molar-refractivity contribution in [2.75, 3.05) is 11.1 Å². The van der Waals surface area contributed by atoms with Crippen molar-refractivity contribution < 1.29 is 14.0 Å². The first kappa shape index (κ1) is 24.0. The highest BCUT2D eigenvalue weighted by atomic mass is 32.2. The van der Waals surface area contributed by atoms with Gasteiger partial charge in [0.15, 0.2) is 5.16 Å². The van der Waals surface area contributed by atoms with E-state index in [1.54, 1.807) is 41.8 Å². The number of nitrogens with zero attached hydrogens (tertiary/aromatic N) is 4. The van der Waals surface area contributed by atoms with Crippen LogP contribution in [0.5, 0.6) is 0 Å². The quantitative estimate of drug-likeness (QED) is 0.386. The molecule has 1 fully saturated rings. The van der Waals surface area contributed by atoms with E-state index >= 15 is 0 Å². The molecule has 0 saturated heterocycles. The third-order valence-electron chi connectivity index (χ3n) is 6.37. The maximum atomic E-state index is 13.9. The van der Waals surface area contributed by atoms with Gasteiger partial charge < -0.3 is 10.6 Å². The van der Waals surface area contributed by atoms with Gasteiger partial charge in [0.25, 0.3) is 11.5 Å². The zero-order valence-electron chi connectivity index (χ0n) is 19.7. The molecule has 5 rings (SSSR count). The number of thioether (sulfide) groups is 1. The first-order valence-corrected chi connectivity index (χ1v) is 12.8. The van der Waals surface area contributed by atoms with Crippen LogP contribution in [0.15, 0.2) is 52.4 Å². The van der Waals surface area contributed by atoms with Crippen molar-refractivity contribution in [2.24, 2.45) is 7.05 Å². The Morgan fingerprint density at radius 1 is 1.11 bits per heavy atom. The van der Waals surface area contributed by atoms with Gasteiger partial charge in [0.1, 0.15) is 5.82 Å². The number of aromatic nitrogens is 4. The number of halogens is 1. The lowest BCUT2D eigenvalue weighted by Gasteiger charge is -2.22. The highest BCUT2D eigenvalue weighted by molar-refractivity contribution is 7.99. The van der Waals surface area contributed by atoms with Crippen molar-refractivity contribution in [1.82, 2.24) is 24.5 Å². The molecule has 11 heteroatoms. The lowest BCUT2D eigenvalue weighted by Crippen LogP contribution is -2.36. The van der Waals surface area contributed by atoms with E-state index in [0.717, 1.165) is 37.4 Å². The van der Waals surface area contributed by atoms with Crippen molar-refractivity contribution in [3.63, 3.8) is 0 Å². The average molecular weight is 509 g/mol. The standard InChI is InChI=1S/C25H25FN6O3S/c1-31-23(35)17-12-11-15(22(34)27-16-7-3-2-4-8-16)13-20(17)32-24(31)29-30-25(32)36-14-21(33)28-19-10-6-5-9-18(19)26/h5-6,9-13,16H,2-4,7-8,14H2,1H3,(H,27,34)(H,28,33). The van der Waals surface area contributed by atoms with E-state index in [4.69, 9.17) is 0 Å². The molecule has 1 aliphatic rings. The highest BCUT2D eigenvalue weighted by Crippen LogP contribution is 2.24. The molecular weight excluding hydrogens is 483 g/mol. The van der Waals surface area contributed by atoms with Crippen LogP contribution in [0.3, 0.4) is 0 Å². The molecule has 2 amide bonds. The van der Waals surface area contributed by atoms with E-state index in [0.29, 0.717) is 21.6 Å². The van der Waals surface area contributed by atoms with Gasteiger partial charge in [-0.15, -0.1) is 10.2 Å². The molecule has 0 atom stereocenters. The number of para-hydroxylation sites is 1. The van der Waals surface area contributed by atoms with E-state index < -0.39 is 11.7 Å². The second-order valence-corrected chi connectivity index (χ2v) is 9.78.